The molecule has 88 valence electrons. The van der Waals surface area contributed by atoms with Crippen LogP contribution in [0.25, 0.3) is 0 Å². The molecule has 0 aliphatic carbocycles. The average molecular weight is 306 g/mol. The summed E-state index contributed by atoms with van der Waals surface area (Å²) >= 11 is 3.08. The van der Waals surface area contributed by atoms with E-state index < -0.39 is 21.5 Å². The van der Waals surface area contributed by atoms with E-state index in [-0.39, 0.29) is 0 Å². The summed E-state index contributed by atoms with van der Waals surface area (Å²) in [5.74, 6) is -0.392. The Morgan fingerprint density at radius 1 is 1.44 bits per heavy atom. The van der Waals surface area contributed by atoms with Crippen molar-refractivity contribution in [3.63, 3.8) is 0 Å². The highest BCUT2D eigenvalue weighted by molar-refractivity contribution is 9.10. The first kappa shape index (κ1) is 13.5. The number of hydrogen-bond donors (Lipinski definition) is 0. The minimum atomic E-state index is -1.37. The monoisotopic (exact) mass is 305 g/mol. The van der Waals surface area contributed by atoms with Crippen molar-refractivity contribution < 1.29 is 8.60 Å². The first-order chi connectivity index (χ1) is 7.32. The standard InChI is InChI=1S/C11H13BrFNOS/c1-11(2,3)16(15)14-7-8-5-4-6-9(12)10(8)13/h4-7H,1-3H3/t16-/m0/s1. The van der Waals surface area contributed by atoms with Crippen molar-refractivity contribution in [2.24, 2.45) is 4.40 Å². The first-order valence-corrected chi connectivity index (χ1v) is 6.62. The number of benzene rings is 1. The molecule has 5 heteroatoms. The molecule has 0 aliphatic heterocycles. The second-order valence-electron chi connectivity index (χ2n) is 4.24. The van der Waals surface area contributed by atoms with Gasteiger partial charge in [-0.05, 0) is 42.8 Å². The molecule has 2 nitrogen and oxygen atoms in total. The van der Waals surface area contributed by atoms with E-state index in [1.807, 2.05) is 20.8 Å². The van der Waals surface area contributed by atoms with Crippen LogP contribution in [0.5, 0.6) is 0 Å². The Hall–Kier alpha value is -0.550. The lowest BCUT2D eigenvalue weighted by atomic mass is 10.2. The van der Waals surface area contributed by atoms with E-state index in [0.717, 1.165) is 0 Å². The maximum absolute atomic E-state index is 13.5. The van der Waals surface area contributed by atoms with Gasteiger partial charge in [-0.3, -0.25) is 0 Å². The molecular formula is C11H13BrFNOS. The van der Waals surface area contributed by atoms with Crippen molar-refractivity contribution in [3.8, 4) is 0 Å². The lowest BCUT2D eigenvalue weighted by Crippen LogP contribution is -2.19. The van der Waals surface area contributed by atoms with E-state index in [4.69, 9.17) is 0 Å². The molecule has 0 radical (unpaired) electrons. The fourth-order valence-corrected chi connectivity index (χ4v) is 1.79. The van der Waals surface area contributed by atoms with Crippen LogP contribution in [0, 0.1) is 5.82 Å². The largest absolute Gasteiger partial charge is 0.234 e. The van der Waals surface area contributed by atoms with Crippen LogP contribution in [-0.4, -0.2) is 15.2 Å². The van der Waals surface area contributed by atoms with E-state index in [9.17, 15) is 8.60 Å². The molecule has 16 heavy (non-hydrogen) atoms. The van der Waals surface area contributed by atoms with Gasteiger partial charge in [0.05, 0.1) is 9.22 Å². The molecule has 0 saturated heterocycles. The fourth-order valence-electron chi connectivity index (χ4n) is 0.883. The van der Waals surface area contributed by atoms with Gasteiger partial charge in [0, 0.05) is 11.8 Å². The van der Waals surface area contributed by atoms with E-state index in [1.54, 1.807) is 18.2 Å². The minimum Gasteiger partial charge on any atom is -0.234 e. The molecule has 0 bridgehead atoms. The third-order valence-corrected chi connectivity index (χ3v) is 3.75. The van der Waals surface area contributed by atoms with E-state index in [0.29, 0.717) is 10.0 Å². The minimum absolute atomic E-state index is 0.326. The zero-order valence-corrected chi connectivity index (χ0v) is 11.7. The van der Waals surface area contributed by atoms with Crippen molar-refractivity contribution in [1.29, 1.82) is 0 Å². The molecule has 0 aliphatic rings. The van der Waals surface area contributed by atoms with Gasteiger partial charge < -0.3 is 0 Å². The molecule has 1 aromatic carbocycles. The lowest BCUT2D eigenvalue weighted by Gasteiger charge is -2.12. The molecule has 0 amide bonds. The summed E-state index contributed by atoms with van der Waals surface area (Å²) in [5.41, 5.74) is 0.326. The Labute approximate surface area is 106 Å². The van der Waals surface area contributed by atoms with Crippen LogP contribution in [0.4, 0.5) is 4.39 Å². The molecule has 0 saturated carbocycles. The van der Waals surface area contributed by atoms with Gasteiger partial charge in [0.15, 0.2) is 0 Å². The van der Waals surface area contributed by atoms with Gasteiger partial charge in [0.1, 0.15) is 16.8 Å². The number of hydrogen-bond acceptors (Lipinski definition) is 1. The van der Waals surface area contributed by atoms with Crippen molar-refractivity contribution in [1.82, 2.24) is 0 Å². The van der Waals surface area contributed by atoms with Crippen LogP contribution in [0.15, 0.2) is 27.1 Å². The van der Waals surface area contributed by atoms with Gasteiger partial charge in [0.2, 0.25) is 0 Å². The number of rotatable bonds is 2. The smallest absolute Gasteiger partial charge is 0.146 e. The molecular weight excluding hydrogens is 293 g/mol. The zero-order chi connectivity index (χ0) is 12.3. The highest BCUT2D eigenvalue weighted by Gasteiger charge is 2.18. The van der Waals surface area contributed by atoms with Gasteiger partial charge >= 0.3 is 0 Å². The average Bonchev–Trinajstić information content (AvgIpc) is 2.18. The molecule has 0 aromatic heterocycles. The third kappa shape index (κ3) is 3.49. The van der Waals surface area contributed by atoms with Gasteiger partial charge in [-0.15, -0.1) is 0 Å². The Morgan fingerprint density at radius 3 is 2.62 bits per heavy atom. The molecule has 0 heterocycles. The second-order valence-corrected chi connectivity index (χ2v) is 7.03. The van der Waals surface area contributed by atoms with E-state index >= 15 is 0 Å². The first-order valence-electron chi connectivity index (χ1n) is 4.72. The third-order valence-electron chi connectivity index (χ3n) is 1.79. The van der Waals surface area contributed by atoms with Gasteiger partial charge in [-0.1, -0.05) is 12.1 Å². The summed E-state index contributed by atoms with van der Waals surface area (Å²) < 4.78 is 28.9. The van der Waals surface area contributed by atoms with Gasteiger partial charge in [-0.2, -0.15) is 4.40 Å². The Bertz CT molecular complexity index is 440. The van der Waals surface area contributed by atoms with Crippen molar-refractivity contribution >= 4 is 33.1 Å². The van der Waals surface area contributed by atoms with Crippen molar-refractivity contribution in [2.45, 2.75) is 25.5 Å². The van der Waals surface area contributed by atoms with Crippen LogP contribution in [-0.2, 0) is 11.0 Å². The maximum atomic E-state index is 13.5. The molecule has 0 N–H and O–H groups in total. The molecule has 1 rings (SSSR count). The van der Waals surface area contributed by atoms with Crippen molar-refractivity contribution in [3.05, 3.63) is 34.1 Å². The summed E-state index contributed by atoms with van der Waals surface area (Å²) in [6.45, 7) is 5.45. The van der Waals surface area contributed by atoms with E-state index in [1.165, 1.54) is 6.21 Å². The quantitative estimate of drug-likeness (QED) is 0.769. The molecule has 1 aromatic rings. The van der Waals surface area contributed by atoms with Crippen molar-refractivity contribution in [2.75, 3.05) is 0 Å². The van der Waals surface area contributed by atoms with Crippen LogP contribution < -0.4 is 0 Å². The Morgan fingerprint density at radius 2 is 2.06 bits per heavy atom. The molecule has 0 fully saturated rings. The topological polar surface area (TPSA) is 29.4 Å². The molecule has 0 spiro atoms. The summed E-state index contributed by atoms with van der Waals surface area (Å²) in [7, 11) is -1.37. The second kappa shape index (κ2) is 5.19. The molecule has 1 atom stereocenters. The molecule has 0 unspecified atom stereocenters. The summed E-state index contributed by atoms with van der Waals surface area (Å²) in [4.78, 5) is 0. The zero-order valence-electron chi connectivity index (χ0n) is 9.33. The van der Waals surface area contributed by atoms with E-state index in [2.05, 4.69) is 20.3 Å². The normalized spacial score (nSPS) is 14.3. The highest BCUT2D eigenvalue weighted by Crippen LogP contribution is 2.18. The summed E-state index contributed by atoms with van der Waals surface area (Å²) in [6.07, 6.45) is 1.31. The van der Waals surface area contributed by atoms with Crippen LogP contribution in [0.3, 0.4) is 0 Å². The van der Waals surface area contributed by atoms with Crippen LogP contribution in [0.1, 0.15) is 26.3 Å². The van der Waals surface area contributed by atoms with Crippen LogP contribution in [0.2, 0.25) is 0 Å². The summed E-state index contributed by atoms with van der Waals surface area (Å²) in [5, 5.41) is 0. The van der Waals surface area contributed by atoms with Crippen LogP contribution >= 0.6 is 15.9 Å². The highest BCUT2D eigenvalue weighted by atomic mass is 79.9. The van der Waals surface area contributed by atoms with Gasteiger partial charge in [-0.25, -0.2) is 8.60 Å². The summed E-state index contributed by atoms with van der Waals surface area (Å²) in [6, 6.07) is 4.89. The predicted octanol–water partition coefficient (Wildman–Crippen LogP) is 3.47. The SMILES string of the molecule is CC(C)(C)[S@](=O)N=Cc1cccc(Br)c1F. The maximum Gasteiger partial charge on any atom is 0.146 e. The van der Waals surface area contributed by atoms with Gasteiger partial charge in [0.25, 0.3) is 0 Å². The lowest BCUT2D eigenvalue weighted by molar-refractivity contribution is 0.619. The predicted molar refractivity (Wildman–Crippen MR) is 69.6 cm³/mol. The Kier molecular flexibility index (Phi) is 4.38. The Balaban J connectivity index is 2.94. The number of nitrogens with zero attached hydrogens (tertiary/aromatic N) is 1. The number of halogens is 2. The fraction of sp³-hybridized carbons (Fsp3) is 0.364.